The van der Waals surface area contributed by atoms with Crippen LogP contribution in [0.2, 0.25) is 0 Å². The zero-order chi connectivity index (χ0) is 27.0. The van der Waals surface area contributed by atoms with Crippen LogP contribution in [0, 0.1) is 5.82 Å². The smallest absolute Gasteiger partial charge is 0.335 e. The molecule has 1 N–H and O–H groups in total. The van der Waals surface area contributed by atoms with Crippen LogP contribution in [0.5, 0.6) is 0 Å². The van der Waals surface area contributed by atoms with E-state index in [-0.39, 0.29) is 17.8 Å². The molecule has 0 amide bonds. The number of carboxylic acid groups (broad SMARTS) is 1. The fourth-order valence-corrected chi connectivity index (χ4v) is 4.58. The molecule has 5 aromatic rings. The first kappa shape index (κ1) is 25.3. The van der Waals surface area contributed by atoms with Crippen LogP contribution < -0.4 is 4.90 Å². The lowest BCUT2D eigenvalue weighted by molar-refractivity contribution is 0.0696. The van der Waals surface area contributed by atoms with E-state index in [1.54, 1.807) is 67.6 Å². The molecule has 0 aliphatic heterocycles. The highest BCUT2D eigenvalue weighted by atomic mass is 32.2. The van der Waals surface area contributed by atoms with E-state index < -0.39 is 23.3 Å². The summed E-state index contributed by atoms with van der Waals surface area (Å²) in [7, 11) is 5.11. The van der Waals surface area contributed by atoms with Gasteiger partial charge < -0.3 is 14.6 Å². The van der Waals surface area contributed by atoms with Crippen LogP contribution in [0.1, 0.15) is 16.2 Å². The molecule has 0 bridgehead atoms. The molecule has 5 rings (SSSR count). The van der Waals surface area contributed by atoms with Crippen molar-refractivity contribution >= 4 is 40.2 Å². The van der Waals surface area contributed by atoms with E-state index in [1.165, 1.54) is 26.6 Å². The van der Waals surface area contributed by atoms with Crippen LogP contribution in [0.25, 0.3) is 22.4 Å². The Balaban J connectivity index is 1.63. The molecule has 4 aromatic heterocycles. The average Bonchev–Trinajstić information content (AvgIpc) is 3.54. The molecule has 0 saturated carbocycles. The molecule has 0 fully saturated rings. The van der Waals surface area contributed by atoms with Crippen molar-refractivity contribution in [1.82, 2.24) is 38.0 Å². The largest absolute Gasteiger partial charge is 0.573 e. The normalized spacial score (nSPS) is 12.3. The molecule has 194 valence electrons. The first-order valence-electron chi connectivity index (χ1n) is 11.3. The summed E-state index contributed by atoms with van der Waals surface area (Å²) in [5, 5.41) is 13.7. The Bertz CT molecular complexity index is 1640. The molecule has 38 heavy (non-hydrogen) atoms. The molecular formula is C24H22FN9O3S. The molecule has 1 aromatic carbocycles. The number of carbonyl (C=O) groups is 1. The van der Waals surface area contributed by atoms with E-state index in [4.69, 9.17) is 0 Å². The topological polar surface area (TPSA) is 141 Å². The summed E-state index contributed by atoms with van der Waals surface area (Å²) in [5.41, 5.74) is 2.17. The van der Waals surface area contributed by atoms with Crippen molar-refractivity contribution in [3.05, 3.63) is 78.5 Å². The standard InChI is InChI=1S/C24H22FN9O3S/c1-31(2)38(37)34-7-6-26-22(34)14-33(18-9-15(24(35)36)8-17(25)10-18)21-5-4-19-23(30-21)29-20(12-27-19)16-11-28-32(3)13-16/h4-13H,14H2,1-3H3,(H,35,36). The van der Waals surface area contributed by atoms with Crippen LogP contribution in [-0.4, -0.2) is 67.7 Å². The summed E-state index contributed by atoms with van der Waals surface area (Å²) in [6.07, 6.45) is 8.16. The Morgan fingerprint density at radius 2 is 1.97 bits per heavy atom. The van der Waals surface area contributed by atoms with Crippen molar-refractivity contribution in [1.29, 1.82) is 0 Å². The minimum atomic E-state index is -1.56. The Hall–Kier alpha value is -4.40. The third kappa shape index (κ3) is 5.04. The van der Waals surface area contributed by atoms with Gasteiger partial charge in [0, 0.05) is 38.6 Å². The fourth-order valence-electron chi connectivity index (χ4n) is 3.78. The summed E-state index contributed by atoms with van der Waals surface area (Å²) in [6, 6.07) is 6.86. The third-order valence-electron chi connectivity index (χ3n) is 5.57. The summed E-state index contributed by atoms with van der Waals surface area (Å²) < 4.78 is 31.9. The first-order chi connectivity index (χ1) is 18.2. The van der Waals surface area contributed by atoms with Crippen molar-refractivity contribution in [3.8, 4) is 11.3 Å². The van der Waals surface area contributed by atoms with Gasteiger partial charge in [-0.15, -0.1) is 8.28 Å². The van der Waals surface area contributed by atoms with Crippen molar-refractivity contribution in [3.63, 3.8) is 0 Å². The predicted octanol–water partition coefficient (Wildman–Crippen LogP) is 2.79. The zero-order valence-electron chi connectivity index (χ0n) is 20.6. The molecule has 14 heteroatoms. The van der Waals surface area contributed by atoms with E-state index in [2.05, 4.69) is 25.0 Å². The van der Waals surface area contributed by atoms with Crippen LogP contribution in [0.4, 0.5) is 15.9 Å². The number of benzene rings is 1. The number of aromatic nitrogens is 7. The second kappa shape index (κ2) is 10.2. The number of aryl methyl sites for hydroxylation is 1. The van der Waals surface area contributed by atoms with E-state index in [0.29, 0.717) is 28.5 Å². The highest BCUT2D eigenvalue weighted by molar-refractivity contribution is 7.87. The Morgan fingerprint density at radius 3 is 2.68 bits per heavy atom. The number of aromatic carboxylic acids is 1. The fraction of sp³-hybridized carbons (Fsp3) is 0.167. The lowest BCUT2D eigenvalue weighted by atomic mass is 10.1. The molecule has 0 aliphatic rings. The maximum atomic E-state index is 14.5. The molecule has 0 saturated heterocycles. The van der Waals surface area contributed by atoms with E-state index in [1.807, 2.05) is 0 Å². The van der Waals surface area contributed by atoms with Crippen LogP contribution in [0.3, 0.4) is 0 Å². The first-order valence-corrected chi connectivity index (χ1v) is 12.3. The van der Waals surface area contributed by atoms with Crippen molar-refractivity contribution < 1.29 is 18.8 Å². The molecule has 0 spiro atoms. The minimum Gasteiger partial charge on any atom is -0.573 e. The number of rotatable bonds is 8. The number of imidazole rings is 1. The van der Waals surface area contributed by atoms with E-state index >= 15 is 0 Å². The average molecular weight is 536 g/mol. The van der Waals surface area contributed by atoms with E-state index in [9.17, 15) is 18.8 Å². The Labute approximate surface area is 219 Å². The number of hydrogen-bond acceptors (Lipinski definition) is 9. The van der Waals surface area contributed by atoms with Gasteiger partial charge in [-0.25, -0.2) is 24.1 Å². The van der Waals surface area contributed by atoms with Gasteiger partial charge in [0.2, 0.25) is 0 Å². The molecule has 12 nitrogen and oxygen atoms in total. The molecule has 0 radical (unpaired) electrons. The SMILES string of the molecule is CN(C)[S+]([O-])n1ccnc1CN(c1cc(F)cc(C(=O)O)c1)c1ccc2ncc(-c3cnn(C)c3)nc2n1. The van der Waals surface area contributed by atoms with Gasteiger partial charge in [-0.05, 0) is 30.3 Å². The van der Waals surface area contributed by atoms with Gasteiger partial charge in [0.25, 0.3) is 0 Å². The number of carboxylic acids is 1. The number of hydrogen-bond donors (Lipinski definition) is 1. The van der Waals surface area contributed by atoms with Gasteiger partial charge in [0.05, 0.1) is 42.6 Å². The number of nitrogens with zero attached hydrogens (tertiary/aromatic N) is 9. The molecule has 0 aliphatic carbocycles. The molecule has 1 unspecified atom stereocenters. The Morgan fingerprint density at radius 1 is 1.16 bits per heavy atom. The maximum absolute atomic E-state index is 14.5. The third-order valence-corrected chi connectivity index (χ3v) is 6.86. The number of anilines is 2. The second-order valence-corrected chi connectivity index (χ2v) is 10.1. The lowest BCUT2D eigenvalue weighted by Gasteiger charge is -2.25. The minimum absolute atomic E-state index is 0.00330. The van der Waals surface area contributed by atoms with Crippen LogP contribution in [0.15, 0.2) is 61.3 Å². The van der Waals surface area contributed by atoms with Gasteiger partial charge in [0.1, 0.15) is 17.2 Å². The molecular weight excluding hydrogens is 513 g/mol. The van der Waals surface area contributed by atoms with Gasteiger partial charge in [0.15, 0.2) is 23.0 Å². The quantitative estimate of drug-likeness (QED) is 0.295. The second-order valence-electron chi connectivity index (χ2n) is 8.47. The summed E-state index contributed by atoms with van der Waals surface area (Å²) >= 11 is -1.56. The molecule has 4 heterocycles. The van der Waals surface area contributed by atoms with Crippen LogP contribution in [-0.2, 0) is 25.1 Å². The number of fused-ring (bicyclic) bond motifs is 1. The van der Waals surface area contributed by atoms with Crippen LogP contribution >= 0.6 is 0 Å². The highest BCUT2D eigenvalue weighted by Crippen LogP contribution is 2.30. The number of pyridine rings is 1. The van der Waals surface area contributed by atoms with Gasteiger partial charge in [-0.3, -0.25) is 9.67 Å². The lowest BCUT2D eigenvalue weighted by Crippen LogP contribution is -2.31. The van der Waals surface area contributed by atoms with E-state index in [0.717, 1.165) is 11.6 Å². The Kier molecular flexibility index (Phi) is 6.75. The van der Waals surface area contributed by atoms with Crippen molar-refractivity contribution in [2.24, 2.45) is 7.05 Å². The predicted molar refractivity (Wildman–Crippen MR) is 138 cm³/mol. The highest BCUT2D eigenvalue weighted by Gasteiger charge is 2.23. The summed E-state index contributed by atoms with van der Waals surface area (Å²) in [6.45, 7) is 0.00330. The van der Waals surface area contributed by atoms with Gasteiger partial charge >= 0.3 is 5.97 Å². The van der Waals surface area contributed by atoms with Crippen molar-refractivity contribution in [2.75, 3.05) is 19.0 Å². The maximum Gasteiger partial charge on any atom is 0.335 e. The zero-order valence-corrected chi connectivity index (χ0v) is 21.4. The number of halogens is 1. The van der Waals surface area contributed by atoms with Gasteiger partial charge in [-0.1, -0.05) is 0 Å². The summed E-state index contributed by atoms with van der Waals surface area (Å²) in [4.78, 5) is 31.3. The van der Waals surface area contributed by atoms with Crippen molar-refractivity contribution in [2.45, 2.75) is 6.54 Å². The van der Waals surface area contributed by atoms with Gasteiger partial charge in [-0.2, -0.15) is 5.10 Å². The molecule has 1 atom stereocenters. The summed E-state index contributed by atoms with van der Waals surface area (Å²) in [5.74, 6) is -1.29. The monoisotopic (exact) mass is 535 g/mol.